The van der Waals surface area contributed by atoms with Crippen LogP contribution in [0, 0.1) is 5.41 Å². The molecular weight excluding hydrogens is 226 g/mol. The highest BCUT2D eigenvalue weighted by Crippen LogP contribution is 2.29. The van der Waals surface area contributed by atoms with Crippen LogP contribution in [0.4, 0.5) is 5.69 Å². The van der Waals surface area contributed by atoms with Crippen LogP contribution in [-0.4, -0.2) is 33.0 Å². The summed E-state index contributed by atoms with van der Waals surface area (Å²) in [6, 6.07) is 5.96. The maximum Gasteiger partial charge on any atom is 0.124 e. The van der Waals surface area contributed by atoms with Crippen molar-refractivity contribution in [1.29, 1.82) is 5.41 Å². The van der Waals surface area contributed by atoms with Gasteiger partial charge in [-0.2, -0.15) is 0 Å². The first-order chi connectivity index (χ1) is 8.45. The molecule has 3 N–H and O–H groups in total. The molecule has 1 aromatic rings. The second-order valence-corrected chi connectivity index (χ2v) is 4.81. The van der Waals surface area contributed by atoms with Gasteiger partial charge in [-0.3, -0.25) is 0 Å². The van der Waals surface area contributed by atoms with Gasteiger partial charge in [0.05, 0.1) is 7.11 Å². The van der Waals surface area contributed by atoms with Crippen LogP contribution in [0.3, 0.4) is 0 Å². The van der Waals surface area contributed by atoms with Gasteiger partial charge in [0, 0.05) is 49.9 Å². The van der Waals surface area contributed by atoms with E-state index < -0.39 is 0 Å². The quantitative estimate of drug-likeness (QED) is 0.759. The molecule has 1 atom stereocenters. The van der Waals surface area contributed by atoms with E-state index in [9.17, 15) is 0 Å². The summed E-state index contributed by atoms with van der Waals surface area (Å²) in [5.41, 5.74) is 8.51. The topological polar surface area (TPSA) is 62.3 Å². The van der Waals surface area contributed by atoms with Gasteiger partial charge in [-0.15, -0.1) is 0 Å². The van der Waals surface area contributed by atoms with E-state index >= 15 is 0 Å². The second kappa shape index (κ2) is 6.40. The third-order valence-electron chi connectivity index (χ3n) is 2.77. The lowest BCUT2D eigenvalue weighted by atomic mass is 10.0. The normalized spacial score (nSPS) is 12.1. The molecule has 0 heterocycles. The van der Waals surface area contributed by atoms with Gasteiger partial charge in [0.2, 0.25) is 0 Å². The third-order valence-corrected chi connectivity index (χ3v) is 2.77. The lowest BCUT2D eigenvalue weighted by Crippen LogP contribution is -2.21. The molecular formula is C14H23N3O. The molecule has 0 radical (unpaired) electrons. The first-order valence-electron chi connectivity index (χ1n) is 6.10. The Morgan fingerprint density at radius 1 is 1.44 bits per heavy atom. The molecule has 4 heteroatoms. The van der Waals surface area contributed by atoms with Crippen LogP contribution in [-0.2, 0) is 6.42 Å². The number of nitrogens with one attached hydrogen (secondary N) is 1. The van der Waals surface area contributed by atoms with Crippen LogP contribution >= 0.6 is 0 Å². The zero-order chi connectivity index (χ0) is 13.7. The lowest BCUT2D eigenvalue weighted by Gasteiger charge is -2.20. The Morgan fingerprint density at radius 3 is 2.61 bits per heavy atom. The predicted octanol–water partition coefficient (Wildman–Crippen LogP) is 2.06. The van der Waals surface area contributed by atoms with E-state index in [1.807, 2.05) is 44.1 Å². The zero-order valence-electron chi connectivity index (χ0n) is 11.7. The standard InChI is InChI=1S/C14H23N3O/c1-10(15)8-11(16)9-12-13(17(2)3)6-5-7-14(12)18-4/h5-7,10,16H,8-9,15H2,1-4H3/t10-/m1/s1. The van der Waals surface area contributed by atoms with Crippen molar-refractivity contribution < 1.29 is 4.74 Å². The van der Waals surface area contributed by atoms with Crippen molar-refractivity contribution in [2.75, 3.05) is 26.1 Å². The van der Waals surface area contributed by atoms with E-state index in [-0.39, 0.29) is 6.04 Å². The zero-order valence-corrected chi connectivity index (χ0v) is 11.7. The van der Waals surface area contributed by atoms with Gasteiger partial charge in [0.1, 0.15) is 5.75 Å². The molecule has 0 unspecified atom stereocenters. The largest absolute Gasteiger partial charge is 0.496 e. The van der Waals surface area contributed by atoms with E-state index in [1.54, 1.807) is 7.11 Å². The monoisotopic (exact) mass is 249 g/mol. The Labute approximate surface area is 109 Å². The molecule has 100 valence electrons. The summed E-state index contributed by atoms with van der Waals surface area (Å²) in [4.78, 5) is 2.04. The van der Waals surface area contributed by atoms with Crippen LogP contribution in [0.15, 0.2) is 18.2 Å². The fraction of sp³-hybridized carbons (Fsp3) is 0.500. The maximum atomic E-state index is 8.01. The number of methoxy groups -OCH3 is 1. The van der Waals surface area contributed by atoms with E-state index in [2.05, 4.69) is 0 Å². The minimum Gasteiger partial charge on any atom is -0.496 e. The van der Waals surface area contributed by atoms with Gasteiger partial charge >= 0.3 is 0 Å². The molecule has 0 aliphatic heterocycles. The number of rotatable bonds is 6. The van der Waals surface area contributed by atoms with E-state index in [0.717, 1.165) is 17.0 Å². The van der Waals surface area contributed by atoms with Crippen molar-refractivity contribution in [2.45, 2.75) is 25.8 Å². The average Bonchev–Trinajstić information content (AvgIpc) is 2.27. The lowest BCUT2D eigenvalue weighted by molar-refractivity contribution is 0.411. The van der Waals surface area contributed by atoms with Crippen LogP contribution in [0.25, 0.3) is 0 Å². The predicted molar refractivity (Wildman–Crippen MR) is 77.0 cm³/mol. The summed E-state index contributed by atoms with van der Waals surface area (Å²) in [7, 11) is 5.65. The van der Waals surface area contributed by atoms with E-state index in [0.29, 0.717) is 18.6 Å². The van der Waals surface area contributed by atoms with Gasteiger partial charge in [0.25, 0.3) is 0 Å². The maximum absolute atomic E-state index is 8.01. The molecule has 0 saturated carbocycles. The van der Waals surface area contributed by atoms with Gasteiger partial charge < -0.3 is 20.8 Å². The first-order valence-corrected chi connectivity index (χ1v) is 6.10. The molecule has 0 aliphatic carbocycles. The fourth-order valence-electron chi connectivity index (χ4n) is 2.02. The van der Waals surface area contributed by atoms with Crippen molar-refractivity contribution in [3.8, 4) is 5.75 Å². The summed E-state index contributed by atoms with van der Waals surface area (Å²) in [6.07, 6.45) is 1.20. The van der Waals surface area contributed by atoms with Crippen molar-refractivity contribution in [3.63, 3.8) is 0 Å². The van der Waals surface area contributed by atoms with E-state index in [4.69, 9.17) is 15.9 Å². The number of ether oxygens (including phenoxy) is 1. The highest BCUT2D eigenvalue weighted by molar-refractivity contribution is 5.86. The highest BCUT2D eigenvalue weighted by Gasteiger charge is 2.13. The smallest absolute Gasteiger partial charge is 0.124 e. The second-order valence-electron chi connectivity index (χ2n) is 4.81. The SMILES string of the molecule is COc1cccc(N(C)C)c1CC(=N)C[C@@H](C)N. The summed E-state index contributed by atoms with van der Waals surface area (Å²) in [6.45, 7) is 1.92. The highest BCUT2D eigenvalue weighted by atomic mass is 16.5. The molecule has 4 nitrogen and oxygen atoms in total. The number of nitrogens with zero attached hydrogens (tertiary/aromatic N) is 1. The Kier molecular flexibility index (Phi) is 5.16. The Morgan fingerprint density at radius 2 is 2.11 bits per heavy atom. The van der Waals surface area contributed by atoms with Crippen LogP contribution in [0.1, 0.15) is 18.9 Å². The van der Waals surface area contributed by atoms with E-state index in [1.165, 1.54) is 0 Å². The Balaban J connectivity index is 3.01. The fourth-order valence-corrected chi connectivity index (χ4v) is 2.02. The van der Waals surface area contributed by atoms with Crippen molar-refractivity contribution in [2.24, 2.45) is 5.73 Å². The molecule has 0 saturated heterocycles. The van der Waals surface area contributed by atoms with Gasteiger partial charge in [0.15, 0.2) is 0 Å². The molecule has 1 aromatic carbocycles. The van der Waals surface area contributed by atoms with Crippen molar-refractivity contribution in [3.05, 3.63) is 23.8 Å². The van der Waals surface area contributed by atoms with Gasteiger partial charge in [-0.25, -0.2) is 0 Å². The number of hydrogen-bond acceptors (Lipinski definition) is 4. The van der Waals surface area contributed by atoms with Crippen LogP contribution < -0.4 is 15.4 Å². The number of anilines is 1. The van der Waals surface area contributed by atoms with Gasteiger partial charge in [-0.1, -0.05) is 6.07 Å². The molecule has 0 amide bonds. The Hall–Kier alpha value is -1.55. The molecule has 1 rings (SSSR count). The molecule has 0 aliphatic rings. The number of nitrogens with two attached hydrogens (primary N) is 1. The molecule has 0 aromatic heterocycles. The average molecular weight is 249 g/mol. The minimum absolute atomic E-state index is 0.0232. The molecule has 0 bridgehead atoms. The summed E-state index contributed by atoms with van der Waals surface area (Å²) >= 11 is 0. The summed E-state index contributed by atoms with van der Waals surface area (Å²) in [5.74, 6) is 0.829. The number of benzene rings is 1. The van der Waals surface area contributed by atoms with Crippen molar-refractivity contribution >= 4 is 11.4 Å². The number of hydrogen-bond donors (Lipinski definition) is 2. The van der Waals surface area contributed by atoms with Crippen LogP contribution in [0.5, 0.6) is 5.75 Å². The van der Waals surface area contributed by atoms with Crippen molar-refractivity contribution in [1.82, 2.24) is 0 Å². The summed E-state index contributed by atoms with van der Waals surface area (Å²) in [5, 5.41) is 8.01. The molecule has 0 spiro atoms. The summed E-state index contributed by atoms with van der Waals surface area (Å²) < 4.78 is 5.39. The molecule has 18 heavy (non-hydrogen) atoms. The first kappa shape index (κ1) is 14.5. The third kappa shape index (κ3) is 3.74. The minimum atomic E-state index is 0.0232. The van der Waals surface area contributed by atoms with Gasteiger partial charge in [-0.05, 0) is 19.1 Å². The van der Waals surface area contributed by atoms with Crippen LogP contribution in [0.2, 0.25) is 0 Å². The Bertz CT molecular complexity index is 414. The molecule has 0 fully saturated rings.